The maximum absolute atomic E-state index is 13.5. The molecule has 0 unspecified atom stereocenters. The van der Waals surface area contributed by atoms with Crippen LogP contribution in [0.3, 0.4) is 0 Å². The number of nitrogens with zero attached hydrogens (tertiary/aromatic N) is 1. The van der Waals surface area contributed by atoms with Crippen molar-refractivity contribution in [3.05, 3.63) is 95.1 Å². The summed E-state index contributed by atoms with van der Waals surface area (Å²) in [5.41, 5.74) is 2.00. The van der Waals surface area contributed by atoms with Crippen LogP contribution in [0.15, 0.2) is 72.8 Å². The molecule has 1 heterocycles. The number of hydrogen-bond acceptors (Lipinski definition) is 5. The molecule has 0 saturated carbocycles. The van der Waals surface area contributed by atoms with E-state index in [1.807, 2.05) is 91.7 Å². The summed E-state index contributed by atoms with van der Waals surface area (Å²) in [7, 11) is 1.88. The molecular weight excluding hydrogens is 506 g/mol. The van der Waals surface area contributed by atoms with Gasteiger partial charge in [-0.25, -0.2) is 4.79 Å². The number of hydrogen-bond donors (Lipinski definition) is 4. The minimum Gasteiger partial charge on any atom is -0.465 e. The molecule has 8 heteroatoms. The molecule has 2 amide bonds. The third-order valence-corrected chi connectivity index (χ3v) is 7.64. The first-order valence-corrected chi connectivity index (χ1v) is 13.9. The molecule has 3 aromatic rings. The SMILES string of the molecule is CNCc1ccc(C(=O)N2CCC[C@@H]([C@@](O)(CCCNC(=O)O)c3ccccc3Oc3ccccc3C)C2)cc1. The average molecular weight is 546 g/mol. The zero-order valence-corrected chi connectivity index (χ0v) is 23.2. The largest absolute Gasteiger partial charge is 0.465 e. The Morgan fingerprint density at radius 2 is 1.73 bits per heavy atom. The van der Waals surface area contributed by atoms with Crippen LogP contribution >= 0.6 is 0 Å². The van der Waals surface area contributed by atoms with Crippen LogP contribution in [-0.4, -0.2) is 53.8 Å². The number of aliphatic hydroxyl groups is 1. The molecule has 0 bridgehead atoms. The molecule has 2 atom stereocenters. The van der Waals surface area contributed by atoms with Gasteiger partial charge in [-0.15, -0.1) is 0 Å². The normalized spacial score (nSPS) is 16.7. The molecule has 1 aliphatic heterocycles. The molecule has 0 aliphatic carbocycles. The highest BCUT2D eigenvalue weighted by molar-refractivity contribution is 5.94. The van der Waals surface area contributed by atoms with E-state index in [2.05, 4.69) is 10.6 Å². The van der Waals surface area contributed by atoms with Gasteiger partial charge in [-0.05, 0) is 75.0 Å². The van der Waals surface area contributed by atoms with Crippen LogP contribution < -0.4 is 15.4 Å². The van der Waals surface area contributed by atoms with Crippen molar-refractivity contribution < 1.29 is 24.5 Å². The number of benzene rings is 3. The first kappa shape index (κ1) is 29.1. The fourth-order valence-corrected chi connectivity index (χ4v) is 5.52. The molecule has 4 rings (SSSR count). The van der Waals surface area contributed by atoms with E-state index in [0.717, 1.165) is 30.5 Å². The van der Waals surface area contributed by atoms with Crippen LogP contribution in [0.1, 0.15) is 52.7 Å². The van der Waals surface area contributed by atoms with Gasteiger partial charge < -0.3 is 30.5 Å². The molecule has 1 aliphatic rings. The average Bonchev–Trinajstić information content (AvgIpc) is 2.97. The van der Waals surface area contributed by atoms with Crippen LogP contribution in [0.5, 0.6) is 11.5 Å². The number of piperidine rings is 1. The predicted molar refractivity (Wildman–Crippen MR) is 155 cm³/mol. The fourth-order valence-electron chi connectivity index (χ4n) is 5.52. The van der Waals surface area contributed by atoms with Crippen molar-refractivity contribution in [2.45, 2.75) is 44.8 Å². The zero-order chi connectivity index (χ0) is 28.5. The summed E-state index contributed by atoms with van der Waals surface area (Å²) in [6.07, 6.45) is 1.13. The highest BCUT2D eigenvalue weighted by Gasteiger charge is 2.43. The number of aryl methyl sites for hydroxylation is 1. The molecule has 4 N–H and O–H groups in total. The summed E-state index contributed by atoms with van der Waals surface area (Å²) in [5.74, 6) is 0.932. The molecule has 0 spiro atoms. The lowest BCUT2D eigenvalue weighted by molar-refractivity contribution is -0.0578. The Morgan fingerprint density at radius 3 is 2.42 bits per heavy atom. The molecular formula is C32H39N3O5. The highest BCUT2D eigenvalue weighted by Crippen LogP contribution is 2.44. The van der Waals surface area contributed by atoms with Crippen LogP contribution in [0.25, 0.3) is 0 Å². The Hall–Kier alpha value is -3.88. The van der Waals surface area contributed by atoms with E-state index in [4.69, 9.17) is 9.84 Å². The molecule has 8 nitrogen and oxygen atoms in total. The highest BCUT2D eigenvalue weighted by atomic mass is 16.5. The second-order valence-corrected chi connectivity index (χ2v) is 10.4. The number of ether oxygens (including phenoxy) is 1. The number of carboxylic acid groups (broad SMARTS) is 1. The Bertz CT molecular complexity index is 1300. The molecule has 3 aromatic carbocycles. The Morgan fingerprint density at radius 1 is 1.02 bits per heavy atom. The summed E-state index contributed by atoms with van der Waals surface area (Å²) < 4.78 is 6.34. The fraction of sp³-hybridized carbons (Fsp3) is 0.375. The lowest BCUT2D eigenvalue weighted by atomic mass is 9.74. The number of likely N-dealkylation sites (tertiary alicyclic amines) is 1. The van der Waals surface area contributed by atoms with Crippen molar-refractivity contribution in [2.75, 3.05) is 26.7 Å². The monoisotopic (exact) mass is 545 g/mol. The number of nitrogens with one attached hydrogen (secondary N) is 2. The van der Waals surface area contributed by atoms with Crippen LogP contribution in [0.4, 0.5) is 4.79 Å². The third-order valence-electron chi connectivity index (χ3n) is 7.64. The van der Waals surface area contributed by atoms with Crippen molar-refractivity contribution in [3.8, 4) is 11.5 Å². The summed E-state index contributed by atoms with van der Waals surface area (Å²) in [4.78, 5) is 26.4. The number of carbonyl (C=O) groups excluding carboxylic acids is 1. The van der Waals surface area contributed by atoms with Crippen molar-refractivity contribution in [1.82, 2.24) is 15.5 Å². The van der Waals surface area contributed by atoms with Crippen LogP contribution in [0.2, 0.25) is 0 Å². The van der Waals surface area contributed by atoms with Gasteiger partial charge in [0.15, 0.2) is 0 Å². The summed E-state index contributed by atoms with van der Waals surface area (Å²) in [6, 6.07) is 22.8. The Balaban J connectivity index is 1.62. The minimum absolute atomic E-state index is 0.0555. The smallest absolute Gasteiger partial charge is 0.404 e. The van der Waals surface area contributed by atoms with Gasteiger partial charge in [-0.1, -0.05) is 48.5 Å². The van der Waals surface area contributed by atoms with E-state index >= 15 is 0 Å². The van der Waals surface area contributed by atoms with Gasteiger partial charge in [0.2, 0.25) is 0 Å². The first-order valence-electron chi connectivity index (χ1n) is 13.9. The predicted octanol–water partition coefficient (Wildman–Crippen LogP) is 5.29. The summed E-state index contributed by atoms with van der Waals surface area (Å²) in [5, 5.41) is 27.0. The number of para-hydroxylation sites is 2. The molecule has 212 valence electrons. The Kier molecular flexibility index (Phi) is 9.79. The second kappa shape index (κ2) is 13.5. The maximum atomic E-state index is 13.5. The number of rotatable bonds is 11. The standard InChI is InChI=1S/C32H39N3O5/c1-23-9-3-5-12-28(23)40-29-13-6-4-11-27(29)32(39,18-8-19-34-31(37)38)26-10-7-20-35(22-26)30(36)25-16-14-24(15-17-25)21-33-2/h3-6,9,11-17,26,33-34,39H,7-8,10,18-22H2,1-2H3,(H,37,38)/t26-,32+/m1/s1. The van der Waals surface area contributed by atoms with Gasteiger partial charge in [0.1, 0.15) is 11.5 Å². The topological polar surface area (TPSA) is 111 Å². The van der Waals surface area contributed by atoms with E-state index in [1.54, 1.807) is 0 Å². The van der Waals surface area contributed by atoms with Gasteiger partial charge in [0, 0.05) is 43.2 Å². The second-order valence-electron chi connectivity index (χ2n) is 10.4. The lowest BCUT2D eigenvalue weighted by Crippen LogP contribution is -2.48. The minimum atomic E-state index is -1.34. The van der Waals surface area contributed by atoms with Crippen LogP contribution in [0, 0.1) is 12.8 Å². The van der Waals surface area contributed by atoms with E-state index in [0.29, 0.717) is 48.6 Å². The first-order chi connectivity index (χ1) is 19.3. The number of carbonyl (C=O) groups is 2. The summed E-state index contributed by atoms with van der Waals surface area (Å²) >= 11 is 0. The van der Waals surface area contributed by atoms with Gasteiger partial charge in [-0.2, -0.15) is 0 Å². The molecule has 1 fully saturated rings. The summed E-state index contributed by atoms with van der Waals surface area (Å²) in [6.45, 7) is 3.92. The van der Waals surface area contributed by atoms with Gasteiger partial charge in [0.25, 0.3) is 5.91 Å². The Labute approximate surface area is 236 Å². The van der Waals surface area contributed by atoms with Gasteiger partial charge >= 0.3 is 6.09 Å². The zero-order valence-electron chi connectivity index (χ0n) is 23.2. The van der Waals surface area contributed by atoms with Crippen molar-refractivity contribution in [2.24, 2.45) is 5.92 Å². The maximum Gasteiger partial charge on any atom is 0.404 e. The lowest BCUT2D eigenvalue weighted by Gasteiger charge is -2.43. The van der Waals surface area contributed by atoms with E-state index in [9.17, 15) is 14.7 Å². The van der Waals surface area contributed by atoms with Crippen molar-refractivity contribution in [1.29, 1.82) is 0 Å². The number of amides is 2. The van der Waals surface area contributed by atoms with Crippen molar-refractivity contribution >= 4 is 12.0 Å². The molecule has 0 radical (unpaired) electrons. The van der Waals surface area contributed by atoms with E-state index in [1.165, 1.54) is 0 Å². The van der Waals surface area contributed by atoms with Crippen molar-refractivity contribution in [3.63, 3.8) is 0 Å². The van der Waals surface area contributed by atoms with Crippen LogP contribution in [-0.2, 0) is 12.1 Å². The molecule has 1 saturated heterocycles. The quantitative estimate of drug-likeness (QED) is 0.244. The van der Waals surface area contributed by atoms with Gasteiger partial charge in [-0.3, -0.25) is 4.79 Å². The third kappa shape index (κ3) is 7.00. The molecule has 40 heavy (non-hydrogen) atoms. The van der Waals surface area contributed by atoms with E-state index < -0.39 is 11.7 Å². The van der Waals surface area contributed by atoms with E-state index in [-0.39, 0.29) is 18.4 Å². The molecule has 0 aromatic heterocycles. The van der Waals surface area contributed by atoms with Gasteiger partial charge in [0.05, 0.1) is 5.60 Å².